The molecule has 132 valence electrons. The molecule has 0 saturated carbocycles. The minimum absolute atomic E-state index is 0.248. The van der Waals surface area contributed by atoms with E-state index < -0.39 is 18.3 Å². The summed E-state index contributed by atoms with van der Waals surface area (Å²) < 4.78 is 10.4. The summed E-state index contributed by atoms with van der Waals surface area (Å²) in [4.78, 5) is 38.4. The van der Waals surface area contributed by atoms with Gasteiger partial charge in [0.2, 0.25) is 5.91 Å². The van der Waals surface area contributed by atoms with Gasteiger partial charge in [-0.3, -0.25) is 14.4 Å². The molecule has 1 atom stereocenters. The molecule has 0 spiro atoms. The van der Waals surface area contributed by atoms with Gasteiger partial charge in [-0.15, -0.1) is 11.8 Å². The zero-order valence-electron chi connectivity index (χ0n) is 13.8. The highest BCUT2D eigenvalue weighted by atomic mass is 32.2. The Hall–Kier alpha value is -2.48. The maximum absolute atomic E-state index is 13.1. The first-order valence-electron chi connectivity index (χ1n) is 7.64. The first-order chi connectivity index (χ1) is 12.0. The lowest BCUT2D eigenvalue weighted by Gasteiger charge is -2.14. The SMILES string of the molecule is COc1ccc(C(=O)C2=C3SCCN3C(=O)[C@@H]2CC(=O)O)c(OC)c1. The molecule has 2 aliphatic heterocycles. The lowest BCUT2D eigenvalue weighted by Crippen LogP contribution is -2.29. The Kier molecular flexibility index (Phi) is 4.71. The summed E-state index contributed by atoms with van der Waals surface area (Å²) in [6.07, 6.45) is -0.404. The van der Waals surface area contributed by atoms with Gasteiger partial charge in [0.25, 0.3) is 0 Å². The number of thioether (sulfide) groups is 1. The monoisotopic (exact) mass is 363 g/mol. The number of carboxylic acid groups (broad SMARTS) is 1. The van der Waals surface area contributed by atoms with E-state index in [1.165, 1.54) is 30.9 Å². The van der Waals surface area contributed by atoms with Gasteiger partial charge in [0, 0.05) is 23.9 Å². The van der Waals surface area contributed by atoms with E-state index in [2.05, 4.69) is 0 Å². The smallest absolute Gasteiger partial charge is 0.304 e. The van der Waals surface area contributed by atoms with E-state index in [0.717, 1.165) is 0 Å². The van der Waals surface area contributed by atoms with Crippen molar-refractivity contribution in [3.63, 3.8) is 0 Å². The minimum atomic E-state index is -1.11. The van der Waals surface area contributed by atoms with E-state index in [4.69, 9.17) is 14.6 Å². The van der Waals surface area contributed by atoms with Crippen molar-refractivity contribution in [3.05, 3.63) is 34.4 Å². The first kappa shape index (κ1) is 17.3. The Morgan fingerprint density at radius 1 is 1.32 bits per heavy atom. The van der Waals surface area contributed by atoms with Crippen molar-refractivity contribution in [1.82, 2.24) is 4.90 Å². The van der Waals surface area contributed by atoms with Crippen LogP contribution in [0.15, 0.2) is 28.8 Å². The van der Waals surface area contributed by atoms with Crippen LogP contribution in [0.2, 0.25) is 0 Å². The molecule has 0 bridgehead atoms. The number of ketones is 1. The number of nitrogens with zero attached hydrogens (tertiary/aromatic N) is 1. The van der Waals surface area contributed by atoms with Gasteiger partial charge in [-0.1, -0.05) is 0 Å². The van der Waals surface area contributed by atoms with Crippen molar-refractivity contribution >= 4 is 29.4 Å². The average Bonchev–Trinajstić information content (AvgIpc) is 3.16. The van der Waals surface area contributed by atoms with Crippen molar-refractivity contribution in [2.24, 2.45) is 5.92 Å². The Balaban J connectivity index is 2.06. The van der Waals surface area contributed by atoms with Gasteiger partial charge >= 0.3 is 5.97 Å². The quantitative estimate of drug-likeness (QED) is 0.770. The number of aliphatic carboxylic acids is 1. The normalized spacial score (nSPS) is 19.2. The zero-order chi connectivity index (χ0) is 18.1. The molecular weight excluding hydrogens is 346 g/mol. The second-order valence-electron chi connectivity index (χ2n) is 5.60. The maximum Gasteiger partial charge on any atom is 0.304 e. The van der Waals surface area contributed by atoms with Crippen molar-refractivity contribution in [3.8, 4) is 11.5 Å². The molecule has 8 heteroatoms. The molecular formula is C17H17NO6S. The molecule has 1 aromatic carbocycles. The molecule has 3 rings (SSSR count). The van der Waals surface area contributed by atoms with E-state index >= 15 is 0 Å². The Morgan fingerprint density at radius 2 is 2.08 bits per heavy atom. The molecule has 1 saturated heterocycles. The number of amides is 1. The molecule has 0 aliphatic carbocycles. The molecule has 0 unspecified atom stereocenters. The number of fused-ring (bicyclic) bond motifs is 1. The van der Waals surface area contributed by atoms with Crippen LogP contribution < -0.4 is 9.47 Å². The lowest BCUT2D eigenvalue weighted by atomic mass is 9.91. The Morgan fingerprint density at radius 3 is 2.72 bits per heavy atom. The van der Waals surface area contributed by atoms with E-state index in [-0.39, 0.29) is 22.8 Å². The molecule has 1 fully saturated rings. The van der Waals surface area contributed by atoms with Gasteiger partial charge in [0.15, 0.2) is 5.78 Å². The fraction of sp³-hybridized carbons (Fsp3) is 0.353. The van der Waals surface area contributed by atoms with Crippen LogP contribution >= 0.6 is 11.8 Å². The molecule has 2 heterocycles. The van der Waals surface area contributed by atoms with Gasteiger partial charge in [0.05, 0.1) is 37.2 Å². The molecule has 0 aromatic heterocycles. The highest BCUT2D eigenvalue weighted by molar-refractivity contribution is 8.03. The number of rotatable bonds is 6. The predicted octanol–water partition coefficient (Wildman–Crippen LogP) is 1.78. The molecule has 1 N–H and O–H groups in total. The lowest BCUT2D eigenvalue weighted by molar-refractivity contribution is -0.141. The molecule has 1 aromatic rings. The largest absolute Gasteiger partial charge is 0.497 e. The van der Waals surface area contributed by atoms with E-state index in [9.17, 15) is 14.4 Å². The van der Waals surface area contributed by atoms with Crippen LogP contribution in [0.4, 0.5) is 0 Å². The standard InChI is InChI=1S/C17H17NO6S/c1-23-9-3-4-10(12(7-9)24-2)15(21)14-11(8-13(19)20)16(22)18-5-6-25-17(14)18/h3-4,7,11H,5-6,8H2,1-2H3,(H,19,20)/t11-/m1/s1. The molecule has 7 nitrogen and oxygen atoms in total. The van der Waals surface area contributed by atoms with Crippen molar-refractivity contribution < 1.29 is 29.0 Å². The van der Waals surface area contributed by atoms with Crippen molar-refractivity contribution in [2.45, 2.75) is 6.42 Å². The Bertz CT molecular complexity index is 787. The number of hydrogen-bond acceptors (Lipinski definition) is 6. The topological polar surface area (TPSA) is 93.1 Å². The first-order valence-corrected chi connectivity index (χ1v) is 8.63. The van der Waals surface area contributed by atoms with Crippen molar-refractivity contribution in [2.75, 3.05) is 26.5 Å². The number of ether oxygens (including phenoxy) is 2. The molecule has 1 amide bonds. The predicted molar refractivity (Wildman–Crippen MR) is 90.8 cm³/mol. The third-order valence-electron chi connectivity index (χ3n) is 4.22. The van der Waals surface area contributed by atoms with E-state index in [1.807, 2.05) is 0 Å². The number of carbonyl (C=O) groups is 3. The number of carboxylic acids is 1. The maximum atomic E-state index is 13.1. The Labute approximate surface area is 148 Å². The second-order valence-corrected chi connectivity index (χ2v) is 6.69. The fourth-order valence-electron chi connectivity index (χ4n) is 3.06. The number of Topliss-reactive ketones (excluding diaryl/α,β-unsaturated/α-hetero) is 1. The van der Waals surface area contributed by atoms with Crippen LogP contribution in [-0.4, -0.2) is 54.2 Å². The average molecular weight is 363 g/mol. The van der Waals surface area contributed by atoms with Gasteiger partial charge in [-0.05, 0) is 12.1 Å². The van der Waals surface area contributed by atoms with Crippen LogP contribution in [0.5, 0.6) is 11.5 Å². The third kappa shape index (κ3) is 2.97. The van der Waals surface area contributed by atoms with Crippen LogP contribution in [0.25, 0.3) is 0 Å². The molecule has 2 aliphatic rings. The summed E-state index contributed by atoms with van der Waals surface area (Å²) in [7, 11) is 2.95. The number of hydrogen-bond donors (Lipinski definition) is 1. The summed E-state index contributed by atoms with van der Waals surface area (Å²) in [5, 5.41) is 9.71. The van der Waals surface area contributed by atoms with Crippen LogP contribution in [0.3, 0.4) is 0 Å². The molecule has 0 radical (unpaired) electrons. The van der Waals surface area contributed by atoms with Gasteiger partial charge in [0.1, 0.15) is 11.5 Å². The van der Waals surface area contributed by atoms with Crippen LogP contribution in [-0.2, 0) is 9.59 Å². The third-order valence-corrected chi connectivity index (χ3v) is 5.32. The summed E-state index contributed by atoms with van der Waals surface area (Å²) in [6.45, 7) is 0.492. The number of carbonyl (C=O) groups excluding carboxylic acids is 2. The fourth-order valence-corrected chi connectivity index (χ4v) is 4.25. The van der Waals surface area contributed by atoms with Gasteiger partial charge in [-0.2, -0.15) is 0 Å². The van der Waals surface area contributed by atoms with Gasteiger partial charge in [-0.25, -0.2) is 0 Å². The summed E-state index contributed by atoms with van der Waals surface area (Å²) in [5.41, 5.74) is 0.529. The zero-order valence-corrected chi connectivity index (χ0v) is 14.6. The second kappa shape index (κ2) is 6.79. The summed E-state index contributed by atoms with van der Waals surface area (Å²) in [5.74, 6) is -1.23. The molecule has 25 heavy (non-hydrogen) atoms. The summed E-state index contributed by atoms with van der Waals surface area (Å²) in [6, 6.07) is 4.78. The van der Waals surface area contributed by atoms with E-state index in [0.29, 0.717) is 28.8 Å². The highest BCUT2D eigenvalue weighted by Gasteiger charge is 2.46. The van der Waals surface area contributed by atoms with Crippen LogP contribution in [0.1, 0.15) is 16.8 Å². The van der Waals surface area contributed by atoms with Crippen molar-refractivity contribution in [1.29, 1.82) is 0 Å². The van der Waals surface area contributed by atoms with E-state index in [1.54, 1.807) is 18.2 Å². The number of methoxy groups -OCH3 is 2. The van der Waals surface area contributed by atoms with Gasteiger partial charge < -0.3 is 19.5 Å². The summed E-state index contributed by atoms with van der Waals surface area (Å²) >= 11 is 1.41. The highest BCUT2D eigenvalue weighted by Crippen LogP contribution is 2.44. The van der Waals surface area contributed by atoms with Crippen LogP contribution in [0, 0.1) is 5.92 Å². The number of benzene rings is 1. The minimum Gasteiger partial charge on any atom is -0.497 e.